The first kappa shape index (κ1) is 36.1. The van der Waals surface area contributed by atoms with E-state index >= 15 is 4.39 Å². The van der Waals surface area contributed by atoms with E-state index < -0.39 is 55.8 Å². The van der Waals surface area contributed by atoms with Crippen LogP contribution in [0.5, 0.6) is 11.5 Å². The molecule has 0 aliphatic heterocycles. The van der Waals surface area contributed by atoms with Gasteiger partial charge in [0.15, 0.2) is 0 Å². The maximum Gasteiger partial charge on any atom is 0.501 e. The lowest BCUT2D eigenvalue weighted by molar-refractivity contribution is -0.121. The number of benzene rings is 4. The summed E-state index contributed by atoms with van der Waals surface area (Å²) in [7, 11) is -4.44. The van der Waals surface area contributed by atoms with Gasteiger partial charge in [-0.15, -0.1) is 0 Å². The Bertz CT molecular complexity index is 2190. The van der Waals surface area contributed by atoms with Gasteiger partial charge >= 0.3 is 11.5 Å². The number of sulfone groups is 1. The summed E-state index contributed by atoms with van der Waals surface area (Å²) < 4.78 is 89.8. The zero-order chi connectivity index (χ0) is 37.4. The van der Waals surface area contributed by atoms with Crippen LogP contribution in [0.25, 0.3) is 11.1 Å². The summed E-state index contributed by atoms with van der Waals surface area (Å²) in [4.78, 5) is 38.5. The highest BCUT2D eigenvalue weighted by molar-refractivity contribution is 7.92. The summed E-state index contributed by atoms with van der Waals surface area (Å²) in [5.41, 5.74) is -5.26. The normalized spacial score (nSPS) is 19.2. The molecule has 0 heterocycles. The number of hydrogen-bond donors (Lipinski definition) is 3. The fourth-order valence-corrected chi connectivity index (χ4v) is 7.36. The summed E-state index contributed by atoms with van der Waals surface area (Å²) in [5.74, 6) is -5.15. The number of hydrogen-bond acceptors (Lipinski definition) is 7. The molecule has 1 saturated carbocycles. The number of rotatable bonds is 11. The fraction of sp³-hybridized carbons (Fsp3) is 0.216. The standard InChI is InChI=1S/C37H30F4N2O8S/c1-50-31-18-29(38)26(21-12-13-30(28(15-21)36(46)47)51-19-20-6-3-2-4-7-20)17-27(31)34(44)43-33-23-11-10-22(14-23)32(33)35(45)42-24-8-5-9-25(16-24)52(48,49)37(39,40)41/h2-13,15-18,22-23,32-33H,14,19H2,1H3,(H,42,45)(H,43,44)(H,46,47)/t22-,23+,32+,33-/m1/s1. The van der Waals surface area contributed by atoms with Crippen molar-refractivity contribution in [1.29, 1.82) is 0 Å². The monoisotopic (exact) mass is 738 g/mol. The number of methoxy groups -OCH3 is 1. The molecule has 3 N–H and O–H groups in total. The number of allylic oxidation sites excluding steroid dienone is 1. The SMILES string of the molecule is COc1cc(F)c(-c2ccc(OCc3ccccc3)c(C(=O)O)c2)cc1C(=O)N[C@H]1[C@@H](C(=O)Nc2cccc(S(=O)(=O)C(F)(F)F)c2)[C@@H]2C=C[C@H]1C2. The smallest absolute Gasteiger partial charge is 0.496 e. The molecule has 0 radical (unpaired) electrons. The van der Waals surface area contributed by atoms with E-state index in [4.69, 9.17) is 9.47 Å². The van der Waals surface area contributed by atoms with Crippen molar-refractivity contribution < 1.29 is 54.9 Å². The number of alkyl halides is 3. The highest BCUT2D eigenvalue weighted by atomic mass is 32.2. The summed E-state index contributed by atoms with van der Waals surface area (Å²) >= 11 is 0. The van der Waals surface area contributed by atoms with Crippen LogP contribution in [-0.4, -0.2) is 50.0 Å². The van der Waals surface area contributed by atoms with Crippen molar-refractivity contribution in [2.75, 3.05) is 12.4 Å². The molecule has 1 fully saturated rings. The second-order valence-electron chi connectivity index (χ2n) is 12.3. The van der Waals surface area contributed by atoms with Gasteiger partial charge in [0, 0.05) is 23.4 Å². The molecule has 2 bridgehead atoms. The van der Waals surface area contributed by atoms with Crippen LogP contribution in [0.3, 0.4) is 0 Å². The van der Waals surface area contributed by atoms with Gasteiger partial charge in [-0.1, -0.05) is 54.6 Å². The van der Waals surface area contributed by atoms with Crippen LogP contribution < -0.4 is 20.1 Å². The van der Waals surface area contributed by atoms with Gasteiger partial charge in [-0.25, -0.2) is 17.6 Å². The topological polar surface area (TPSA) is 148 Å². The molecule has 4 aromatic carbocycles. The summed E-state index contributed by atoms with van der Waals surface area (Å²) in [6, 6.07) is 18.3. The van der Waals surface area contributed by atoms with Gasteiger partial charge in [-0.05, 0) is 65.8 Å². The second kappa shape index (κ2) is 14.1. The molecule has 270 valence electrons. The Kier molecular flexibility index (Phi) is 9.82. The number of carbonyl (C=O) groups is 3. The van der Waals surface area contributed by atoms with Gasteiger partial charge in [0.1, 0.15) is 29.5 Å². The predicted molar refractivity (Wildman–Crippen MR) is 180 cm³/mol. The van der Waals surface area contributed by atoms with Crippen LogP contribution >= 0.6 is 0 Å². The second-order valence-corrected chi connectivity index (χ2v) is 14.2. The molecule has 52 heavy (non-hydrogen) atoms. The highest BCUT2D eigenvalue weighted by Crippen LogP contribution is 2.45. The lowest BCUT2D eigenvalue weighted by Gasteiger charge is -2.28. The van der Waals surface area contributed by atoms with E-state index in [-0.39, 0.29) is 57.9 Å². The van der Waals surface area contributed by atoms with Gasteiger partial charge in [0.25, 0.3) is 15.7 Å². The van der Waals surface area contributed by atoms with Crippen LogP contribution in [0.4, 0.5) is 23.2 Å². The minimum Gasteiger partial charge on any atom is -0.496 e. The molecule has 0 spiro atoms. The van der Waals surface area contributed by atoms with Crippen LogP contribution in [0, 0.1) is 23.6 Å². The van der Waals surface area contributed by atoms with Crippen molar-refractivity contribution in [3.05, 3.63) is 120 Å². The Morgan fingerprint density at radius 1 is 0.885 bits per heavy atom. The number of halogens is 4. The van der Waals surface area contributed by atoms with Crippen molar-refractivity contribution in [3.63, 3.8) is 0 Å². The summed E-state index contributed by atoms with van der Waals surface area (Å²) in [6.45, 7) is 0.0886. The Balaban J connectivity index is 1.25. The number of anilines is 1. The number of carboxylic acid groups (broad SMARTS) is 1. The molecule has 6 rings (SSSR count). The Morgan fingerprint density at radius 2 is 1.62 bits per heavy atom. The largest absolute Gasteiger partial charge is 0.501 e. The molecule has 2 aliphatic rings. The van der Waals surface area contributed by atoms with Crippen LogP contribution in [0.1, 0.15) is 32.7 Å². The number of nitrogens with one attached hydrogen (secondary N) is 2. The maximum atomic E-state index is 15.5. The number of carboxylic acids is 1. The van der Waals surface area contributed by atoms with Crippen LogP contribution in [-0.2, 0) is 21.2 Å². The summed E-state index contributed by atoms with van der Waals surface area (Å²) in [5, 5.41) is 15.2. The lowest BCUT2D eigenvalue weighted by Crippen LogP contribution is -2.47. The molecule has 4 atom stereocenters. The lowest BCUT2D eigenvalue weighted by atomic mass is 9.87. The molecule has 2 amide bonds. The highest BCUT2D eigenvalue weighted by Gasteiger charge is 2.49. The first-order valence-electron chi connectivity index (χ1n) is 15.8. The quantitative estimate of drug-likeness (QED) is 0.115. The predicted octanol–water partition coefficient (Wildman–Crippen LogP) is 6.63. The first-order valence-corrected chi connectivity index (χ1v) is 17.3. The number of amides is 2. The van der Waals surface area contributed by atoms with Crippen molar-refractivity contribution in [2.24, 2.45) is 17.8 Å². The van der Waals surface area contributed by atoms with Gasteiger partial charge in [0.2, 0.25) is 5.91 Å². The van der Waals surface area contributed by atoms with E-state index in [1.54, 1.807) is 6.08 Å². The number of carbonyl (C=O) groups excluding carboxylic acids is 2. The van der Waals surface area contributed by atoms with Gasteiger partial charge in [0.05, 0.1) is 23.5 Å². The van der Waals surface area contributed by atoms with Crippen molar-refractivity contribution >= 4 is 33.3 Å². The van der Waals surface area contributed by atoms with Crippen molar-refractivity contribution in [1.82, 2.24) is 5.32 Å². The first-order chi connectivity index (χ1) is 24.7. The minimum absolute atomic E-state index is 0.0503. The van der Waals surface area contributed by atoms with Gasteiger partial charge in [-0.2, -0.15) is 13.2 Å². The zero-order valence-electron chi connectivity index (χ0n) is 27.2. The third-order valence-electron chi connectivity index (χ3n) is 9.07. The molecule has 4 aromatic rings. The average molecular weight is 739 g/mol. The van der Waals surface area contributed by atoms with Crippen LogP contribution in [0.2, 0.25) is 0 Å². The van der Waals surface area contributed by atoms with Crippen LogP contribution in [0.15, 0.2) is 102 Å². The molecule has 0 saturated heterocycles. The molecule has 0 unspecified atom stereocenters. The number of ether oxygens (including phenoxy) is 2. The van der Waals surface area contributed by atoms with E-state index in [1.165, 1.54) is 37.4 Å². The average Bonchev–Trinajstić information content (AvgIpc) is 3.73. The van der Waals surface area contributed by atoms with E-state index in [0.717, 1.165) is 23.8 Å². The van der Waals surface area contributed by atoms with E-state index in [0.29, 0.717) is 12.5 Å². The maximum absolute atomic E-state index is 15.5. The third kappa shape index (κ3) is 7.08. The minimum atomic E-state index is -5.67. The van der Waals surface area contributed by atoms with E-state index in [1.807, 2.05) is 36.4 Å². The van der Waals surface area contributed by atoms with E-state index in [2.05, 4.69) is 10.6 Å². The molecular formula is C37H30F4N2O8S. The zero-order valence-corrected chi connectivity index (χ0v) is 28.0. The molecule has 15 heteroatoms. The molecular weight excluding hydrogens is 708 g/mol. The van der Waals surface area contributed by atoms with E-state index in [9.17, 15) is 41.1 Å². The Hall–Kier alpha value is -5.70. The Labute approximate surface area is 295 Å². The van der Waals surface area contributed by atoms with Gasteiger partial charge < -0.3 is 25.2 Å². The Morgan fingerprint density at radius 3 is 2.31 bits per heavy atom. The molecule has 0 aromatic heterocycles. The molecule has 10 nitrogen and oxygen atoms in total. The third-order valence-corrected chi connectivity index (χ3v) is 10.6. The number of aromatic carboxylic acids is 1. The fourth-order valence-electron chi connectivity index (χ4n) is 6.55. The summed E-state index contributed by atoms with van der Waals surface area (Å²) in [6.07, 6.45) is 4.11. The van der Waals surface area contributed by atoms with Gasteiger partial charge in [-0.3, -0.25) is 9.59 Å². The van der Waals surface area contributed by atoms with Crippen molar-refractivity contribution in [3.8, 4) is 22.6 Å². The van der Waals surface area contributed by atoms with Crippen molar-refractivity contribution in [2.45, 2.75) is 29.5 Å². The number of fused-ring (bicyclic) bond motifs is 2. The molecule has 2 aliphatic carbocycles.